The summed E-state index contributed by atoms with van der Waals surface area (Å²) >= 11 is 0. The van der Waals surface area contributed by atoms with Crippen molar-refractivity contribution in [2.24, 2.45) is 7.05 Å². The number of pyridine rings is 1. The van der Waals surface area contributed by atoms with E-state index in [2.05, 4.69) is 14.8 Å². The predicted octanol–water partition coefficient (Wildman–Crippen LogP) is 2.42. The number of anilines is 1. The number of H-pyrrole nitrogens is 1. The van der Waals surface area contributed by atoms with E-state index >= 15 is 0 Å². The Bertz CT molecular complexity index is 994. The molecule has 0 spiro atoms. The summed E-state index contributed by atoms with van der Waals surface area (Å²) in [5, 5.41) is 3.68. The lowest BCUT2D eigenvalue weighted by molar-refractivity contribution is -0.136. The third-order valence-corrected chi connectivity index (χ3v) is 4.43. The largest absolute Gasteiger partial charge is 0.417 e. The van der Waals surface area contributed by atoms with Gasteiger partial charge in [-0.25, -0.2) is 4.21 Å². The van der Waals surface area contributed by atoms with Gasteiger partial charge >= 0.3 is 6.18 Å². The Balaban J connectivity index is 2.07. The van der Waals surface area contributed by atoms with Gasteiger partial charge in [-0.3, -0.25) is 14.2 Å². The summed E-state index contributed by atoms with van der Waals surface area (Å²) in [6, 6.07) is 5.90. The minimum Gasteiger partial charge on any atom is -0.322 e. The number of aromatic amines is 1. The Morgan fingerprint density at radius 2 is 2.00 bits per heavy atom. The van der Waals surface area contributed by atoms with E-state index in [9.17, 15) is 22.2 Å². The van der Waals surface area contributed by atoms with Crippen molar-refractivity contribution >= 4 is 27.7 Å². The summed E-state index contributed by atoms with van der Waals surface area (Å²) in [5.74, 6) is 0.450. The highest BCUT2D eigenvalue weighted by Gasteiger charge is 2.33. The van der Waals surface area contributed by atoms with Crippen LogP contribution in [-0.4, -0.2) is 19.0 Å². The molecule has 0 aliphatic carbocycles. The molecular formula is C14H11F3N4O2S. The van der Waals surface area contributed by atoms with Gasteiger partial charge < -0.3 is 4.98 Å². The van der Waals surface area contributed by atoms with Crippen LogP contribution in [0.1, 0.15) is 5.56 Å². The van der Waals surface area contributed by atoms with E-state index < -0.39 is 28.3 Å². The predicted molar refractivity (Wildman–Crippen MR) is 82.8 cm³/mol. The molecule has 0 aliphatic heterocycles. The SMILES string of the molecule is Cn1nccc1NS(=O)c1ccc2[nH]c(=O)cc(C(F)(F)F)c2c1. The molecule has 1 unspecified atom stereocenters. The van der Waals surface area contributed by atoms with Gasteiger partial charge in [0.15, 0.2) is 11.0 Å². The number of hydrogen-bond donors (Lipinski definition) is 2. The third kappa shape index (κ3) is 3.04. The molecule has 0 aliphatic rings. The molecule has 2 aromatic heterocycles. The molecule has 3 aromatic rings. The first-order valence-corrected chi connectivity index (χ1v) is 7.81. The number of halogens is 3. The summed E-state index contributed by atoms with van der Waals surface area (Å²) in [6.45, 7) is 0. The van der Waals surface area contributed by atoms with Crippen LogP contribution in [0.2, 0.25) is 0 Å². The number of nitrogens with zero attached hydrogens (tertiary/aromatic N) is 2. The molecule has 0 saturated heterocycles. The lowest BCUT2D eigenvalue weighted by Gasteiger charge is -2.11. The van der Waals surface area contributed by atoms with Crippen LogP contribution >= 0.6 is 0 Å². The maximum atomic E-state index is 13.1. The van der Waals surface area contributed by atoms with Crippen LogP contribution in [0.15, 0.2) is 46.2 Å². The Morgan fingerprint density at radius 3 is 2.62 bits per heavy atom. The highest BCUT2D eigenvalue weighted by Crippen LogP contribution is 2.33. The Hall–Kier alpha value is -2.62. The molecule has 1 aromatic carbocycles. The zero-order chi connectivity index (χ0) is 17.5. The van der Waals surface area contributed by atoms with Gasteiger partial charge in [-0.1, -0.05) is 0 Å². The second-order valence-electron chi connectivity index (χ2n) is 4.96. The average molecular weight is 356 g/mol. The normalized spacial score (nSPS) is 13.2. The number of aromatic nitrogens is 3. The van der Waals surface area contributed by atoms with Crippen molar-refractivity contribution in [1.82, 2.24) is 14.8 Å². The van der Waals surface area contributed by atoms with Crippen LogP contribution in [0.5, 0.6) is 0 Å². The summed E-state index contributed by atoms with van der Waals surface area (Å²) in [7, 11) is -0.158. The first-order chi connectivity index (χ1) is 11.3. The minimum atomic E-state index is -4.69. The smallest absolute Gasteiger partial charge is 0.322 e. The van der Waals surface area contributed by atoms with Gasteiger partial charge in [0.2, 0.25) is 5.56 Å². The minimum absolute atomic E-state index is 0.0242. The number of rotatable bonds is 3. The van der Waals surface area contributed by atoms with Gasteiger partial charge in [-0.05, 0) is 18.2 Å². The summed E-state index contributed by atoms with van der Waals surface area (Å²) in [4.78, 5) is 13.9. The number of aryl methyl sites for hydroxylation is 1. The van der Waals surface area contributed by atoms with E-state index in [0.29, 0.717) is 11.9 Å². The molecule has 6 nitrogen and oxygen atoms in total. The molecule has 24 heavy (non-hydrogen) atoms. The maximum absolute atomic E-state index is 13.1. The topological polar surface area (TPSA) is 79.8 Å². The standard InChI is InChI=1S/C14H11F3N4O2S/c1-21-12(4-5-18-21)20-24(23)8-2-3-11-9(6-8)10(14(15,16)17)7-13(22)19-11/h2-7,20H,1H3,(H,19,22). The van der Waals surface area contributed by atoms with Crippen LogP contribution in [0.4, 0.5) is 19.0 Å². The number of benzene rings is 1. The molecule has 1 atom stereocenters. The van der Waals surface area contributed by atoms with E-state index in [1.807, 2.05) is 0 Å². The van der Waals surface area contributed by atoms with E-state index in [-0.39, 0.29) is 15.8 Å². The van der Waals surface area contributed by atoms with Gasteiger partial charge in [0.05, 0.1) is 16.7 Å². The van der Waals surface area contributed by atoms with Crippen LogP contribution in [0.25, 0.3) is 10.9 Å². The first kappa shape index (κ1) is 16.2. The molecule has 2 heterocycles. The number of alkyl halides is 3. The van der Waals surface area contributed by atoms with Crippen molar-refractivity contribution in [1.29, 1.82) is 0 Å². The van der Waals surface area contributed by atoms with Crippen molar-refractivity contribution in [2.75, 3.05) is 4.72 Å². The highest BCUT2D eigenvalue weighted by atomic mass is 32.2. The fraction of sp³-hybridized carbons (Fsp3) is 0.143. The lowest BCUT2D eigenvalue weighted by Crippen LogP contribution is -2.14. The second kappa shape index (κ2) is 5.78. The molecule has 0 bridgehead atoms. The van der Waals surface area contributed by atoms with Crippen LogP contribution in [-0.2, 0) is 24.2 Å². The molecule has 2 N–H and O–H groups in total. The molecule has 0 saturated carbocycles. The zero-order valence-corrected chi connectivity index (χ0v) is 13.0. The molecule has 0 radical (unpaired) electrons. The molecule has 10 heteroatoms. The Morgan fingerprint density at radius 1 is 1.25 bits per heavy atom. The van der Waals surface area contributed by atoms with Crippen LogP contribution < -0.4 is 10.3 Å². The van der Waals surface area contributed by atoms with Crippen LogP contribution in [0, 0.1) is 0 Å². The molecule has 3 rings (SSSR count). The first-order valence-electron chi connectivity index (χ1n) is 6.66. The Labute approximate surface area is 135 Å². The average Bonchev–Trinajstić information content (AvgIpc) is 2.90. The van der Waals surface area contributed by atoms with E-state index in [4.69, 9.17) is 0 Å². The molecule has 0 amide bonds. The van der Waals surface area contributed by atoms with Gasteiger partial charge in [-0.15, -0.1) is 0 Å². The zero-order valence-electron chi connectivity index (χ0n) is 12.2. The number of hydrogen-bond acceptors (Lipinski definition) is 3. The maximum Gasteiger partial charge on any atom is 0.417 e. The number of fused-ring (bicyclic) bond motifs is 1. The third-order valence-electron chi connectivity index (χ3n) is 3.35. The summed E-state index contributed by atoms with van der Waals surface area (Å²) < 4.78 is 55.8. The van der Waals surface area contributed by atoms with Gasteiger partial charge in [0, 0.05) is 30.1 Å². The van der Waals surface area contributed by atoms with E-state index in [1.165, 1.54) is 23.0 Å². The van der Waals surface area contributed by atoms with Gasteiger partial charge in [0.1, 0.15) is 5.82 Å². The van der Waals surface area contributed by atoms with Gasteiger partial charge in [0.25, 0.3) is 0 Å². The molecule has 0 fully saturated rings. The molecular weight excluding hydrogens is 345 g/mol. The second-order valence-corrected chi connectivity index (χ2v) is 6.18. The quantitative estimate of drug-likeness (QED) is 0.756. The van der Waals surface area contributed by atoms with Crippen molar-refractivity contribution in [3.05, 3.63) is 52.4 Å². The fourth-order valence-corrected chi connectivity index (χ4v) is 3.14. The van der Waals surface area contributed by atoms with Crippen molar-refractivity contribution in [3.63, 3.8) is 0 Å². The Kier molecular flexibility index (Phi) is 3.91. The summed E-state index contributed by atoms with van der Waals surface area (Å²) in [6.07, 6.45) is -3.20. The van der Waals surface area contributed by atoms with Crippen molar-refractivity contribution < 1.29 is 17.4 Å². The highest BCUT2D eigenvalue weighted by molar-refractivity contribution is 7.86. The summed E-state index contributed by atoms with van der Waals surface area (Å²) in [5.41, 5.74) is -1.89. The molecule has 126 valence electrons. The monoisotopic (exact) mass is 356 g/mol. The van der Waals surface area contributed by atoms with Gasteiger partial charge in [-0.2, -0.15) is 18.3 Å². The number of nitrogens with one attached hydrogen (secondary N) is 2. The lowest BCUT2D eigenvalue weighted by atomic mass is 10.1. The fourth-order valence-electron chi connectivity index (χ4n) is 2.21. The van der Waals surface area contributed by atoms with Crippen LogP contribution in [0.3, 0.4) is 0 Å². The van der Waals surface area contributed by atoms with Crippen molar-refractivity contribution in [3.8, 4) is 0 Å². The van der Waals surface area contributed by atoms with Crippen molar-refractivity contribution in [2.45, 2.75) is 11.1 Å². The van der Waals surface area contributed by atoms with E-state index in [0.717, 1.165) is 6.07 Å². The van der Waals surface area contributed by atoms with E-state index in [1.54, 1.807) is 13.1 Å².